The molecule has 10 heavy (non-hydrogen) atoms. The second kappa shape index (κ2) is 3.91. The van der Waals surface area contributed by atoms with Crippen LogP contribution in [0.25, 0.3) is 0 Å². The third-order valence-corrected chi connectivity index (χ3v) is 1.49. The van der Waals surface area contributed by atoms with E-state index in [1.165, 1.54) is 0 Å². The van der Waals surface area contributed by atoms with Crippen molar-refractivity contribution in [2.75, 3.05) is 26.3 Å². The summed E-state index contributed by atoms with van der Waals surface area (Å²) in [6.45, 7) is 7.69. The molecule has 59 valence electrons. The Morgan fingerprint density at radius 2 is 2.10 bits per heavy atom. The van der Waals surface area contributed by atoms with Crippen LogP contribution in [0.3, 0.4) is 0 Å². The highest BCUT2D eigenvalue weighted by molar-refractivity contribution is 4.78. The summed E-state index contributed by atoms with van der Waals surface area (Å²) in [5, 5.41) is 0. The van der Waals surface area contributed by atoms with Gasteiger partial charge in [-0.25, -0.2) is 0 Å². The first kappa shape index (κ1) is 7.98. The molecule has 1 aliphatic rings. The van der Waals surface area contributed by atoms with Gasteiger partial charge < -0.3 is 10.5 Å². The molecule has 1 radical (unpaired) electrons. The molecule has 0 aromatic rings. The van der Waals surface area contributed by atoms with E-state index in [1.807, 2.05) is 6.92 Å². The summed E-state index contributed by atoms with van der Waals surface area (Å²) in [5.41, 5.74) is 5.59. The van der Waals surface area contributed by atoms with Crippen LogP contribution in [0, 0.1) is 6.54 Å². The molecule has 0 aromatic carbocycles. The van der Waals surface area contributed by atoms with Crippen LogP contribution >= 0.6 is 0 Å². The average molecular weight is 143 g/mol. The molecule has 3 heteroatoms. The molecule has 1 heterocycles. The number of nitrogens with zero attached hydrogens (tertiary/aromatic N) is 1. The van der Waals surface area contributed by atoms with E-state index in [0.717, 1.165) is 26.3 Å². The molecule has 0 spiro atoms. The van der Waals surface area contributed by atoms with Crippen molar-refractivity contribution in [3.63, 3.8) is 0 Å². The Bertz CT molecular complexity index is 89.6. The quantitative estimate of drug-likeness (QED) is 0.583. The highest BCUT2D eigenvalue weighted by Gasteiger charge is 2.11. The van der Waals surface area contributed by atoms with E-state index in [0.29, 0.717) is 0 Å². The van der Waals surface area contributed by atoms with Crippen molar-refractivity contribution in [3.05, 3.63) is 6.54 Å². The molecule has 1 unspecified atom stereocenters. The van der Waals surface area contributed by atoms with E-state index in [2.05, 4.69) is 11.4 Å². The fourth-order valence-electron chi connectivity index (χ4n) is 1.06. The van der Waals surface area contributed by atoms with Crippen LogP contribution in [0.5, 0.6) is 0 Å². The lowest BCUT2D eigenvalue weighted by atomic mass is 10.3. The van der Waals surface area contributed by atoms with Crippen LogP contribution in [0.15, 0.2) is 0 Å². The Morgan fingerprint density at radius 3 is 2.60 bits per heavy atom. The fourth-order valence-corrected chi connectivity index (χ4v) is 1.06. The monoisotopic (exact) mass is 143 g/mol. The molecule has 3 nitrogen and oxygen atoms in total. The molecule has 1 rings (SSSR count). The van der Waals surface area contributed by atoms with Crippen LogP contribution in [0.1, 0.15) is 6.92 Å². The number of nitrogens with two attached hydrogens (primary N) is 1. The first-order chi connectivity index (χ1) is 4.79. The van der Waals surface area contributed by atoms with Gasteiger partial charge in [-0.1, -0.05) is 0 Å². The smallest absolute Gasteiger partial charge is 0.0594 e. The standard InChI is InChI=1S/C7H15N2O/c1-7(8)6-9-2-4-10-5-3-9/h6-7H,2-5,8H2,1H3. The van der Waals surface area contributed by atoms with Gasteiger partial charge >= 0.3 is 0 Å². The van der Waals surface area contributed by atoms with Gasteiger partial charge in [-0.3, -0.25) is 4.90 Å². The molecular weight excluding hydrogens is 128 g/mol. The van der Waals surface area contributed by atoms with Crippen LogP contribution in [-0.2, 0) is 4.74 Å². The van der Waals surface area contributed by atoms with Gasteiger partial charge in [0.15, 0.2) is 0 Å². The van der Waals surface area contributed by atoms with Gasteiger partial charge in [0.05, 0.1) is 13.2 Å². The second-order valence-electron chi connectivity index (χ2n) is 2.66. The van der Waals surface area contributed by atoms with Crippen LogP contribution in [-0.4, -0.2) is 37.2 Å². The van der Waals surface area contributed by atoms with E-state index in [1.54, 1.807) is 0 Å². The minimum Gasteiger partial charge on any atom is -0.379 e. The highest BCUT2D eigenvalue weighted by Crippen LogP contribution is 2.00. The topological polar surface area (TPSA) is 38.5 Å². The number of ether oxygens (including phenoxy) is 1. The second-order valence-corrected chi connectivity index (χ2v) is 2.66. The van der Waals surface area contributed by atoms with Crippen molar-refractivity contribution in [1.29, 1.82) is 0 Å². The molecule has 0 aliphatic carbocycles. The van der Waals surface area contributed by atoms with Crippen LogP contribution in [0.2, 0.25) is 0 Å². The lowest BCUT2D eigenvalue weighted by Gasteiger charge is -2.27. The van der Waals surface area contributed by atoms with E-state index in [9.17, 15) is 0 Å². The summed E-state index contributed by atoms with van der Waals surface area (Å²) in [6.07, 6.45) is 0. The van der Waals surface area contributed by atoms with Crippen LogP contribution in [0.4, 0.5) is 0 Å². The molecular formula is C7H15N2O. The fraction of sp³-hybridized carbons (Fsp3) is 0.857. The number of morpholine rings is 1. The number of hydrogen-bond acceptors (Lipinski definition) is 3. The molecule has 1 saturated heterocycles. The Balaban J connectivity index is 2.13. The largest absolute Gasteiger partial charge is 0.379 e. The van der Waals surface area contributed by atoms with Gasteiger partial charge in [0.1, 0.15) is 0 Å². The first-order valence-electron chi connectivity index (χ1n) is 3.71. The number of rotatable bonds is 2. The summed E-state index contributed by atoms with van der Waals surface area (Å²) in [7, 11) is 0. The van der Waals surface area contributed by atoms with Gasteiger partial charge in [-0.15, -0.1) is 0 Å². The summed E-state index contributed by atoms with van der Waals surface area (Å²) in [5.74, 6) is 0. The Labute approximate surface area is 62.1 Å². The van der Waals surface area contributed by atoms with Gasteiger partial charge in [0.25, 0.3) is 0 Å². The molecule has 1 atom stereocenters. The van der Waals surface area contributed by atoms with Crippen molar-refractivity contribution < 1.29 is 4.74 Å². The van der Waals surface area contributed by atoms with E-state index in [4.69, 9.17) is 10.5 Å². The first-order valence-corrected chi connectivity index (χ1v) is 3.71. The van der Waals surface area contributed by atoms with Crippen LogP contribution < -0.4 is 5.73 Å². The normalized spacial score (nSPS) is 24.6. The maximum absolute atomic E-state index is 5.59. The maximum atomic E-state index is 5.59. The molecule has 0 amide bonds. The Morgan fingerprint density at radius 1 is 1.50 bits per heavy atom. The van der Waals surface area contributed by atoms with Crippen molar-refractivity contribution in [3.8, 4) is 0 Å². The maximum Gasteiger partial charge on any atom is 0.0594 e. The molecule has 0 aromatic heterocycles. The highest BCUT2D eigenvalue weighted by atomic mass is 16.5. The molecule has 0 bridgehead atoms. The van der Waals surface area contributed by atoms with Crippen molar-refractivity contribution in [2.45, 2.75) is 13.0 Å². The molecule has 1 aliphatic heterocycles. The lowest BCUT2D eigenvalue weighted by molar-refractivity contribution is 0.0492. The minimum atomic E-state index is 0.165. The van der Waals surface area contributed by atoms with E-state index in [-0.39, 0.29) is 6.04 Å². The molecule has 2 N–H and O–H groups in total. The van der Waals surface area contributed by atoms with E-state index < -0.39 is 0 Å². The summed E-state index contributed by atoms with van der Waals surface area (Å²) in [4.78, 5) is 2.22. The zero-order valence-electron chi connectivity index (χ0n) is 6.42. The molecule has 1 fully saturated rings. The predicted octanol–water partition coefficient (Wildman–Crippen LogP) is -0.172. The van der Waals surface area contributed by atoms with Gasteiger partial charge in [-0.2, -0.15) is 0 Å². The summed E-state index contributed by atoms with van der Waals surface area (Å²) in [6, 6.07) is 0.165. The SMILES string of the molecule is CC(N)[CH]N1CCOCC1. The minimum absolute atomic E-state index is 0.165. The Hall–Kier alpha value is -0.120. The van der Waals surface area contributed by atoms with Gasteiger partial charge in [0, 0.05) is 25.7 Å². The third-order valence-electron chi connectivity index (χ3n) is 1.49. The average Bonchev–Trinajstić information content (AvgIpc) is 1.88. The van der Waals surface area contributed by atoms with Gasteiger partial charge in [0.2, 0.25) is 0 Å². The zero-order chi connectivity index (χ0) is 7.40. The van der Waals surface area contributed by atoms with E-state index >= 15 is 0 Å². The van der Waals surface area contributed by atoms with Crippen molar-refractivity contribution in [2.24, 2.45) is 5.73 Å². The lowest BCUT2D eigenvalue weighted by Crippen LogP contribution is -2.38. The molecule has 0 saturated carbocycles. The summed E-state index contributed by atoms with van der Waals surface area (Å²) >= 11 is 0. The zero-order valence-corrected chi connectivity index (χ0v) is 6.42. The third kappa shape index (κ3) is 2.64. The van der Waals surface area contributed by atoms with Gasteiger partial charge in [-0.05, 0) is 6.92 Å². The van der Waals surface area contributed by atoms with Crippen molar-refractivity contribution in [1.82, 2.24) is 4.90 Å². The van der Waals surface area contributed by atoms with Crippen molar-refractivity contribution >= 4 is 0 Å². The predicted molar refractivity (Wildman–Crippen MR) is 40.3 cm³/mol. The number of hydrogen-bond donors (Lipinski definition) is 1. The Kier molecular flexibility index (Phi) is 3.12. The summed E-state index contributed by atoms with van der Waals surface area (Å²) < 4.78 is 5.18.